The summed E-state index contributed by atoms with van der Waals surface area (Å²) in [4.78, 5) is 18.3. The van der Waals surface area contributed by atoms with Gasteiger partial charge in [-0.2, -0.15) is 0 Å². The van der Waals surface area contributed by atoms with Gasteiger partial charge in [0.05, 0.1) is 5.56 Å². The van der Waals surface area contributed by atoms with Crippen LogP contribution in [0.25, 0.3) is 10.8 Å². The Morgan fingerprint density at radius 1 is 1.37 bits per heavy atom. The third-order valence-electron chi connectivity index (χ3n) is 3.07. The molecule has 0 radical (unpaired) electrons. The average molecular weight is 258 g/mol. The van der Waals surface area contributed by atoms with Crippen LogP contribution in [0.4, 0.5) is 5.82 Å². The van der Waals surface area contributed by atoms with E-state index in [1.165, 1.54) is 0 Å². The Labute approximate surface area is 112 Å². The van der Waals surface area contributed by atoms with E-state index < -0.39 is 0 Å². The number of benzene rings is 1. The number of hydrogen-bond donors (Lipinski definition) is 2. The Bertz CT molecular complexity index is 597. The first-order valence-electron chi connectivity index (χ1n) is 6.28. The average Bonchev–Trinajstić information content (AvgIpc) is 2.45. The van der Waals surface area contributed by atoms with Crippen molar-refractivity contribution in [3.05, 3.63) is 36.0 Å². The molecule has 2 rings (SSSR count). The minimum atomic E-state index is -0.0193. The molecule has 0 aliphatic carbocycles. The molecule has 0 aliphatic heterocycles. The SMILES string of the molecule is CCCN(C)C(=O)c1cnc(NN)c2ccccc12. The molecule has 100 valence electrons. The summed E-state index contributed by atoms with van der Waals surface area (Å²) < 4.78 is 0. The second-order valence-electron chi connectivity index (χ2n) is 4.44. The van der Waals surface area contributed by atoms with Crippen LogP contribution in [0.5, 0.6) is 0 Å². The maximum atomic E-state index is 12.4. The van der Waals surface area contributed by atoms with Gasteiger partial charge in [0, 0.05) is 25.2 Å². The molecular formula is C14H18N4O. The minimum Gasteiger partial charge on any atom is -0.342 e. The molecule has 2 aromatic rings. The van der Waals surface area contributed by atoms with Crippen molar-refractivity contribution in [1.29, 1.82) is 0 Å². The van der Waals surface area contributed by atoms with E-state index in [-0.39, 0.29) is 5.91 Å². The van der Waals surface area contributed by atoms with E-state index in [0.29, 0.717) is 11.4 Å². The van der Waals surface area contributed by atoms with Crippen molar-refractivity contribution in [2.75, 3.05) is 19.0 Å². The second-order valence-corrected chi connectivity index (χ2v) is 4.44. The van der Waals surface area contributed by atoms with Gasteiger partial charge in [0.25, 0.3) is 5.91 Å². The van der Waals surface area contributed by atoms with Gasteiger partial charge < -0.3 is 10.3 Å². The number of pyridine rings is 1. The van der Waals surface area contributed by atoms with Crippen molar-refractivity contribution >= 4 is 22.5 Å². The number of hydrogen-bond acceptors (Lipinski definition) is 4. The predicted octanol–water partition coefficient (Wildman–Crippen LogP) is 2.00. The Balaban J connectivity index is 2.53. The number of nitrogens with two attached hydrogens (primary N) is 1. The number of hydrazine groups is 1. The lowest BCUT2D eigenvalue weighted by molar-refractivity contribution is 0.0796. The lowest BCUT2D eigenvalue weighted by Crippen LogP contribution is -2.27. The summed E-state index contributed by atoms with van der Waals surface area (Å²) in [5.74, 6) is 6.00. The Morgan fingerprint density at radius 3 is 2.68 bits per heavy atom. The molecule has 3 N–H and O–H groups in total. The molecule has 5 nitrogen and oxygen atoms in total. The Kier molecular flexibility index (Phi) is 3.97. The van der Waals surface area contributed by atoms with E-state index in [9.17, 15) is 4.79 Å². The second kappa shape index (κ2) is 5.67. The Morgan fingerprint density at radius 2 is 2.05 bits per heavy atom. The van der Waals surface area contributed by atoms with E-state index in [4.69, 9.17) is 5.84 Å². The van der Waals surface area contributed by atoms with Crippen LogP contribution in [0.15, 0.2) is 30.5 Å². The minimum absolute atomic E-state index is 0.0193. The van der Waals surface area contributed by atoms with Crippen LogP contribution in [0.2, 0.25) is 0 Å². The van der Waals surface area contributed by atoms with E-state index in [2.05, 4.69) is 10.4 Å². The van der Waals surface area contributed by atoms with Gasteiger partial charge in [0.15, 0.2) is 0 Å². The highest BCUT2D eigenvalue weighted by molar-refractivity contribution is 6.09. The molecule has 0 aliphatic rings. The third kappa shape index (κ3) is 2.51. The number of carbonyl (C=O) groups excluding carboxylic acids is 1. The zero-order chi connectivity index (χ0) is 13.8. The lowest BCUT2D eigenvalue weighted by Gasteiger charge is -2.17. The van der Waals surface area contributed by atoms with Gasteiger partial charge in [-0.3, -0.25) is 4.79 Å². The fourth-order valence-electron chi connectivity index (χ4n) is 2.12. The topological polar surface area (TPSA) is 71.2 Å². The number of nitrogens with zero attached hydrogens (tertiary/aromatic N) is 2. The zero-order valence-corrected chi connectivity index (χ0v) is 11.2. The summed E-state index contributed by atoms with van der Waals surface area (Å²) in [5.41, 5.74) is 3.16. The third-order valence-corrected chi connectivity index (χ3v) is 3.07. The molecule has 19 heavy (non-hydrogen) atoms. The van der Waals surface area contributed by atoms with Crippen LogP contribution >= 0.6 is 0 Å². The van der Waals surface area contributed by atoms with Gasteiger partial charge in [-0.25, -0.2) is 10.8 Å². The molecule has 5 heteroatoms. The molecule has 0 fully saturated rings. The molecule has 0 bridgehead atoms. The van der Waals surface area contributed by atoms with Crippen LogP contribution in [0.3, 0.4) is 0 Å². The molecule has 1 aromatic carbocycles. The molecular weight excluding hydrogens is 240 g/mol. The molecule has 1 aromatic heterocycles. The number of amides is 1. The standard InChI is InChI=1S/C14H18N4O/c1-3-8-18(2)14(19)12-9-16-13(17-15)11-7-5-4-6-10(11)12/h4-7,9H,3,8,15H2,1-2H3,(H,16,17). The number of nitrogen functional groups attached to an aromatic ring is 1. The highest BCUT2D eigenvalue weighted by atomic mass is 16.2. The normalized spacial score (nSPS) is 10.5. The number of nitrogens with one attached hydrogen (secondary N) is 1. The largest absolute Gasteiger partial charge is 0.342 e. The highest BCUT2D eigenvalue weighted by Crippen LogP contribution is 2.24. The van der Waals surface area contributed by atoms with Gasteiger partial charge in [-0.1, -0.05) is 31.2 Å². The number of aromatic nitrogens is 1. The zero-order valence-electron chi connectivity index (χ0n) is 11.2. The number of anilines is 1. The fraction of sp³-hybridized carbons (Fsp3) is 0.286. The summed E-state index contributed by atoms with van der Waals surface area (Å²) in [5, 5.41) is 1.71. The quantitative estimate of drug-likeness (QED) is 0.650. The van der Waals surface area contributed by atoms with Crippen molar-refractivity contribution in [1.82, 2.24) is 9.88 Å². The maximum absolute atomic E-state index is 12.4. The van der Waals surface area contributed by atoms with E-state index in [1.54, 1.807) is 18.1 Å². The van der Waals surface area contributed by atoms with Crippen molar-refractivity contribution in [3.8, 4) is 0 Å². The van der Waals surface area contributed by atoms with Crippen LogP contribution in [0.1, 0.15) is 23.7 Å². The van der Waals surface area contributed by atoms with E-state index in [0.717, 1.165) is 23.7 Å². The van der Waals surface area contributed by atoms with Gasteiger partial charge in [-0.15, -0.1) is 0 Å². The van der Waals surface area contributed by atoms with Crippen molar-refractivity contribution in [2.24, 2.45) is 5.84 Å². The molecule has 1 heterocycles. The van der Waals surface area contributed by atoms with E-state index in [1.807, 2.05) is 31.2 Å². The first kappa shape index (κ1) is 13.3. The van der Waals surface area contributed by atoms with Crippen LogP contribution < -0.4 is 11.3 Å². The highest BCUT2D eigenvalue weighted by Gasteiger charge is 2.16. The summed E-state index contributed by atoms with van der Waals surface area (Å²) in [6.07, 6.45) is 2.50. The van der Waals surface area contributed by atoms with Crippen LogP contribution in [-0.4, -0.2) is 29.4 Å². The molecule has 0 atom stereocenters. The number of fused-ring (bicyclic) bond motifs is 1. The predicted molar refractivity (Wildman–Crippen MR) is 76.8 cm³/mol. The monoisotopic (exact) mass is 258 g/mol. The van der Waals surface area contributed by atoms with Crippen molar-refractivity contribution in [3.63, 3.8) is 0 Å². The van der Waals surface area contributed by atoms with Crippen LogP contribution in [0, 0.1) is 0 Å². The summed E-state index contributed by atoms with van der Waals surface area (Å²) in [7, 11) is 1.80. The molecule has 0 saturated heterocycles. The summed E-state index contributed by atoms with van der Waals surface area (Å²) in [6.45, 7) is 2.77. The van der Waals surface area contributed by atoms with E-state index >= 15 is 0 Å². The first-order chi connectivity index (χ1) is 9.19. The van der Waals surface area contributed by atoms with Crippen molar-refractivity contribution in [2.45, 2.75) is 13.3 Å². The maximum Gasteiger partial charge on any atom is 0.255 e. The number of carbonyl (C=O) groups is 1. The smallest absolute Gasteiger partial charge is 0.255 e. The fourth-order valence-corrected chi connectivity index (χ4v) is 2.12. The summed E-state index contributed by atoms with van der Waals surface area (Å²) >= 11 is 0. The van der Waals surface area contributed by atoms with Gasteiger partial charge >= 0.3 is 0 Å². The number of rotatable bonds is 4. The Hall–Kier alpha value is -2.14. The molecule has 1 amide bonds. The molecule has 0 spiro atoms. The van der Waals surface area contributed by atoms with Gasteiger partial charge in [0.1, 0.15) is 5.82 Å². The van der Waals surface area contributed by atoms with Crippen molar-refractivity contribution < 1.29 is 4.79 Å². The molecule has 0 unspecified atom stereocenters. The van der Waals surface area contributed by atoms with Gasteiger partial charge in [-0.05, 0) is 11.8 Å². The van der Waals surface area contributed by atoms with Crippen LogP contribution in [-0.2, 0) is 0 Å². The summed E-state index contributed by atoms with van der Waals surface area (Å²) in [6, 6.07) is 7.60. The van der Waals surface area contributed by atoms with Gasteiger partial charge in [0.2, 0.25) is 0 Å². The first-order valence-corrected chi connectivity index (χ1v) is 6.28. The lowest BCUT2D eigenvalue weighted by atomic mass is 10.1. The molecule has 0 saturated carbocycles.